The number of hydrogen-bond acceptors (Lipinski definition) is 3. The molecule has 0 spiro atoms. The first kappa shape index (κ1) is 16.0. The van der Waals surface area contributed by atoms with E-state index in [1.165, 1.54) is 0 Å². The van der Waals surface area contributed by atoms with Gasteiger partial charge in [-0.3, -0.25) is 4.79 Å². The molecule has 0 fully saturated rings. The Labute approximate surface area is 126 Å². The Kier molecular flexibility index (Phi) is 5.76. The number of benzene rings is 1. The molecule has 1 aliphatic carbocycles. The van der Waals surface area contributed by atoms with Crippen LogP contribution in [0.1, 0.15) is 49.8 Å². The third-order valence-electron chi connectivity index (χ3n) is 4.45. The number of hydrogen-bond donors (Lipinski definition) is 3. The highest BCUT2D eigenvalue weighted by Gasteiger charge is 2.31. The normalized spacial score (nSPS) is 21.9. The Balaban J connectivity index is 1.88. The highest BCUT2D eigenvalue weighted by atomic mass is 16.3. The summed E-state index contributed by atoms with van der Waals surface area (Å²) in [7, 11) is 0. The van der Waals surface area contributed by atoms with Crippen molar-refractivity contribution in [3.8, 4) is 0 Å². The van der Waals surface area contributed by atoms with E-state index in [2.05, 4.69) is 12.2 Å². The maximum atomic E-state index is 12.1. The number of nitrogens with two attached hydrogens (primary N) is 1. The fourth-order valence-electron chi connectivity index (χ4n) is 3.12. The van der Waals surface area contributed by atoms with Gasteiger partial charge in [-0.25, -0.2) is 0 Å². The van der Waals surface area contributed by atoms with E-state index in [0.717, 1.165) is 30.4 Å². The summed E-state index contributed by atoms with van der Waals surface area (Å²) in [6, 6.07) is 7.65. The standard InChI is InChI=1S/C17H26N2O2/c1-2-12(9-10-18)7-8-16(21)19-17-14-6-4-3-5-13(14)11-15(17)20/h3-6,12,15,17,20H,2,7-11,18H2,1H3,(H,19,21)/t12?,15-,17+/m0/s1. The van der Waals surface area contributed by atoms with E-state index in [4.69, 9.17) is 5.73 Å². The Morgan fingerprint density at radius 2 is 2.19 bits per heavy atom. The molecular weight excluding hydrogens is 264 g/mol. The lowest BCUT2D eigenvalue weighted by Gasteiger charge is -2.19. The Bertz CT molecular complexity index is 476. The van der Waals surface area contributed by atoms with Crippen LogP contribution in [-0.4, -0.2) is 23.7 Å². The first-order valence-corrected chi connectivity index (χ1v) is 7.91. The van der Waals surface area contributed by atoms with Crippen molar-refractivity contribution in [2.75, 3.05) is 6.54 Å². The highest BCUT2D eigenvalue weighted by molar-refractivity contribution is 5.76. The molecule has 0 saturated carbocycles. The van der Waals surface area contributed by atoms with E-state index in [1.807, 2.05) is 24.3 Å². The summed E-state index contributed by atoms with van der Waals surface area (Å²) >= 11 is 0. The first-order valence-electron chi connectivity index (χ1n) is 7.91. The molecule has 1 amide bonds. The molecule has 21 heavy (non-hydrogen) atoms. The van der Waals surface area contributed by atoms with Gasteiger partial charge in [-0.15, -0.1) is 0 Å². The molecule has 3 atom stereocenters. The molecule has 4 heteroatoms. The first-order chi connectivity index (χ1) is 10.2. The van der Waals surface area contributed by atoms with Gasteiger partial charge >= 0.3 is 0 Å². The maximum Gasteiger partial charge on any atom is 0.220 e. The number of aliphatic hydroxyl groups excluding tert-OH is 1. The van der Waals surface area contributed by atoms with Crippen molar-refractivity contribution < 1.29 is 9.90 Å². The molecule has 4 nitrogen and oxygen atoms in total. The van der Waals surface area contributed by atoms with Gasteiger partial charge in [0.25, 0.3) is 0 Å². The zero-order valence-corrected chi connectivity index (χ0v) is 12.7. The van der Waals surface area contributed by atoms with Crippen LogP contribution in [0.5, 0.6) is 0 Å². The lowest BCUT2D eigenvalue weighted by molar-refractivity contribution is -0.122. The zero-order valence-electron chi connectivity index (χ0n) is 12.7. The predicted molar refractivity (Wildman–Crippen MR) is 83.7 cm³/mol. The Morgan fingerprint density at radius 1 is 1.43 bits per heavy atom. The lowest BCUT2D eigenvalue weighted by Crippen LogP contribution is -2.34. The minimum atomic E-state index is -0.516. The number of amides is 1. The van der Waals surface area contributed by atoms with Crippen molar-refractivity contribution in [2.24, 2.45) is 11.7 Å². The average Bonchev–Trinajstić information content (AvgIpc) is 2.80. The molecule has 4 N–H and O–H groups in total. The smallest absolute Gasteiger partial charge is 0.220 e. The topological polar surface area (TPSA) is 75.4 Å². The number of carbonyl (C=O) groups is 1. The van der Waals surface area contributed by atoms with Gasteiger partial charge in [0.2, 0.25) is 5.91 Å². The number of fused-ring (bicyclic) bond motifs is 1. The van der Waals surface area contributed by atoms with Gasteiger partial charge in [-0.2, -0.15) is 0 Å². The van der Waals surface area contributed by atoms with Crippen molar-refractivity contribution in [1.82, 2.24) is 5.32 Å². The van der Waals surface area contributed by atoms with Gasteiger partial charge in [0.05, 0.1) is 12.1 Å². The molecule has 2 rings (SSSR count). The fraction of sp³-hybridized carbons (Fsp3) is 0.588. The number of aliphatic hydroxyl groups is 1. The second-order valence-electron chi connectivity index (χ2n) is 5.91. The van der Waals surface area contributed by atoms with Crippen LogP contribution < -0.4 is 11.1 Å². The summed E-state index contributed by atoms with van der Waals surface area (Å²) in [4.78, 5) is 12.1. The van der Waals surface area contributed by atoms with Crippen LogP contribution in [0.3, 0.4) is 0 Å². The van der Waals surface area contributed by atoms with Gasteiger partial charge in [-0.1, -0.05) is 37.6 Å². The third kappa shape index (κ3) is 4.05. The van der Waals surface area contributed by atoms with Gasteiger partial charge < -0.3 is 16.2 Å². The van der Waals surface area contributed by atoms with E-state index in [0.29, 0.717) is 25.3 Å². The van der Waals surface area contributed by atoms with Crippen LogP contribution in [-0.2, 0) is 11.2 Å². The van der Waals surface area contributed by atoms with Gasteiger partial charge in [0, 0.05) is 12.8 Å². The summed E-state index contributed by atoms with van der Waals surface area (Å²) in [6.07, 6.45) is 3.50. The molecule has 0 saturated heterocycles. The summed E-state index contributed by atoms with van der Waals surface area (Å²) < 4.78 is 0. The van der Waals surface area contributed by atoms with Gasteiger partial charge in [-0.05, 0) is 36.4 Å². The number of carbonyl (C=O) groups excluding carboxylic acids is 1. The molecule has 1 unspecified atom stereocenters. The van der Waals surface area contributed by atoms with Crippen LogP contribution in [0.2, 0.25) is 0 Å². The summed E-state index contributed by atoms with van der Waals surface area (Å²) in [6.45, 7) is 2.81. The van der Waals surface area contributed by atoms with Crippen LogP contribution in [0.25, 0.3) is 0 Å². The van der Waals surface area contributed by atoms with Crippen LogP contribution >= 0.6 is 0 Å². The quantitative estimate of drug-likeness (QED) is 0.718. The monoisotopic (exact) mass is 290 g/mol. The maximum absolute atomic E-state index is 12.1. The SMILES string of the molecule is CCC(CCN)CCC(=O)N[C@@H]1c2ccccc2C[C@@H]1O. The van der Waals surface area contributed by atoms with Crippen LogP contribution in [0.15, 0.2) is 24.3 Å². The molecule has 0 aliphatic heterocycles. The average molecular weight is 290 g/mol. The van der Waals surface area contributed by atoms with E-state index >= 15 is 0 Å². The van der Waals surface area contributed by atoms with E-state index in [1.54, 1.807) is 0 Å². The molecule has 116 valence electrons. The molecule has 0 heterocycles. The lowest BCUT2D eigenvalue weighted by atomic mass is 9.96. The predicted octanol–water partition coefficient (Wildman–Crippen LogP) is 1.92. The zero-order chi connectivity index (χ0) is 15.2. The van der Waals surface area contributed by atoms with Crippen molar-refractivity contribution >= 4 is 5.91 Å². The summed E-state index contributed by atoms with van der Waals surface area (Å²) in [5.41, 5.74) is 7.76. The van der Waals surface area contributed by atoms with Crippen LogP contribution in [0, 0.1) is 5.92 Å². The molecule has 1 aromatic carbocycles. The second kappa shape index (κ2) is 7.57. The van der Waals surface area contributed by atoms with Crippen molar-refractivity contribution in [1.29, 1.82) is 0 Å². The van der Waals surface area contributed by atoms with Crippen molar-refractivity contribution in [2.45, 2.75) is 51.2 Å². The fourth-order valence-corrected chi connectivity index (χ4v) is 3.12. The summed E-state index contributed by atoms with van der Waals surface area (Å²) in [5, 5.41) is 13.1. The van der Waals surface area contributed by atoms with E-state index in [9.17, 15) is 9.90 Å². The van der Waals surface area contributed by atoms with Crippen molar-refractivity contribution in [3.05, 3.63) is 35.4 Å². The molecule has 0 aromatic heterocycles. The molecular formula is C17H26N2O2. The Morgan fingerprint density at radius 3 is 2.90 bits per heavy atom. The Hall–Kier alpha value is -1.39. The molecule has 0 radical (unpaired) electrons. The largest absolute Gasteiger partial charge is 0.390 e. The van der Waals surface area contributed by atoms with Gasteiger partial charge in [0.15, 0.2) is 0 Å². The third-order valence-corrected chi connectivity index (χ3v) is 4.45. The molecule has 0 bridgehead atoms. The number of rotatable bonds is 7. The van der Waals surface area contributed by atoms with Crippen molar-refractivity contribution in [3.63, 3.8) is 0 Å². The van der Waals surface area contributed by atoms with Crippen LogP contribution in [0.4, 0.5) is 0 Å². The highest BCUT2D eigenvalue weighted by Crippen LogP contribution is 2.31. The summed E-state index contributed by atoms with van der Waals surface area (Å²) in [5.74, 6) is 0.535. The van der Waals surface area contributed by atoms with E-state index in [-0.39, 0.29) is 11.9 Å². The van der Waals surface area contributed by atoms with E-state index < -0.39 is 6.10 Å². The minimum Gasteiger partial charge on any atom is -0.390 e. The molecule has 1 aromatic rings. The number of nitrogens with one attached hydrogen (secondary N) is 1. The molecule has 1 aliphatic rings. The second-order valence-corrected chi connectivity index (χ2v) is 5.91. The minimum absolute atomic E-state index is 0.0197. The van der Waals surface area contributed by atoms with Gasteiger partial charge in [0.1, 0.15) is 0 Å².